The first-order valence-electron chi connectivity index (χ1n) is 8.17. The van der Waals surface area contributed by atoms with E-state index < -0.39 is 0 Å². The summed E-state index contributed by atoms with van der Waals surface area (Å²) >= 11 is 0. The molecule has 3 aliphatic rings. The van der Waals surface area contributed by atoms with Crippen LogP contribution in [0.15, 0.2) is 18.2 Å². The van der Waals surface area contributed by atoms with E-state index in [0.717, 1.165) is 13.1 Å². The van der Waals surface area contributed by atoms with Gasteiger partial charge in [0.15, 0.2) is 11.5 Å². The molecule has 22 heavy (non-hydrogen) atoms. The molecule has 1 aliphatic carbocycles. The molecule has 1 unspecified atom stereocenters. The van der Waals surface area contributed by atoms with Crippen molar-refractivity contribution < 1.29 is 18.6 Å². The Balaban J connectivity index is 1.50. The molecular weight excluding hydrogens is 285 g/mol. The van der Waals surface area contributed by atoms with Gasteiger partial charge in [-0.3, -0.25) is 0 Å². The summed E-state index contributed by atoms with van der Waals surface area (Å²) in [6.45, 7) is 3.89. The van der Waals surface area contributed by atoms with E-state index in [0.29, 0.717) is 49.1 Å². The molecule has 2 bridgehead atoms. The average molecular weight is 307 g/mol. The van der Waals surface area contributed by atoms with Crippen molar-refractivity contribution >= 4 is 0 Å². The van der Waals surface area contributed by atoms with Crippen LogP contribution in [0.3, 0.4) is 0 Å². The van der Waals surface area contributed by atoms with Gasteiger partial charge in [0, 0.05) is 31.0 Å². The summed E-state index contributed by atoms with van der Waals surface area (Å²) in [6, 6.07) is 4.56. The van der Waals surface area contributed by atoms with Gasteiger partial charge >= 0.3 is 0 Å². The van der Waals surface area contributed by atoms with Crippen molar-refractivity contribution in [2.24, 2.45) is 17.8 Å². The van der Waals surface area contributed by atoms with Gasteiger partial charge in [-0.2, -0.15) is 0 Å². The number of fused-ring (bicyclic) bond motifs is 2. The van der Waals surface area contributed by atoms with Crippen molar-refractivity contribution in [3.8, 4) is 11.5 Å². The Morgan fingerprint density at radius 3 is 2.64 bits per heavy atom. The molecule has 3 atom stereocenters. The predicted molar refractivity (Wildman–Crippen MR) is 79.7 cm³/mol. The zero-order valence-corrected chi connectivity index (χ0v) is 12.6. The predicted octanol–water partition coefficient (Wildman–Crippen LogP) is 2.23. The van der Waals surface area contributed by atoms with Crippen molar-refractivity contribution in [3.63, 3.8) is 0 Å². The maximum Gasteiger partial charge on any atom is 0.164 e. The zero-order chi connectivity index (χ0) is 14.9. The van der Waals surface area contributed by atoms with E-state index in [4.69, 9.17) is 14.2 Å². The molecule has 3 fully saturated rings. The van der Waals surface area contributed by atoms with Crippen LogP contribution in [0.1, 0.15) is 12.8 Å². The van der Waals surface area contributed by atoms with Gasteiger partial charge in [-0.1, -0.05) is 0 Å². The Kier molecular flexibility index (Phi) is 3.92. The van der Waals surface area contributed by atoms with Crippen LogP contribution in [-0.2, 0) is 4.74 Å². The molecule has 120 valence electrons. The van der Waals surface area contributed by atoms with Crippen molar-refractivity contribution in [1.82, 2.24) is 5.32 Å². The number of hydrogen-bond acceptors (Lipinski definition) is 4. The molecule has 1 aromatic carbocycles. The van der Waals surface area contributed by atoms with E-state index in [1.807, 2.05) is 0 Å². The molecule has 1 saturated carbocycles. The van der Waals surface area contributed by atoms with Crippen LogP contribution < -0.4 is 14.8 Å². The van der Waals surface area contributed by atoms with Gasteiger partial charge < -0.3 is 19.5 Å². The van der Waals surface area contributed by atoms with Crippen LogP contribution in [0.4, 0.5) is 4.39 Å². The molecule has 1 aromatic rings. The normalized spacial score (nSPS) is 30.9. The fourth-order valence-electron chi connectivity index (χ4n) is 3.27. The Labute approximate surface area is 129 Å². The first-order chi connectivity index (χ1) is 10.8. The largest absolute Gasteiger partial charge is 0.489 e. The van der Waals surface area contributed by atoms with Crippen LogP contribution in [0.2, 0.25) is 0 Å². The fourth-order valence-corrected chi connectivity index (χ4v) is 3.27. The minimum atomic E-state index is -0.285. The van der Waals surface area contributed by atoms with E-state index in [1.54, 1.807) is 6.07 Å². The van der Waals surface area contributed by atoms with E-state index >= 15 is 0 Å². The third-order valence-electron chi connectivity index (χ3n) is 4.75. The monoisotopic (exact) mass is 307 g/mol. The second-order valence-electron chi connectivity index (χ2n) is 6.64. The molecule has 2 heterocycles. The molecule has 1 N–H and O–H groups in total. The van der Waals surface area contributed by atoms with Gasteiger partial charge in [-0.25, -0.2) is 4.39 Å². The third kappa shape index (κ3) is 3.06. The SMILES string of the molecule is Fc1ccc(OC2[C@@H]3CNC[C@H]2COC3)c(OCC2CC2)c1. The van der Waals surface area contributed by atoms with E-state index in [1.165, 1.54) is 25.0 Å². The molecule has 0 radical (unpaired) electrons. The van der Waals surface area contributed by atoms with Crippen LogP contribution in [0.5, 0.6) is 11.5 Å². The van der Waals surface area contributed by atoms with Gasteiger partial charge in [0.05, 0.1) is 19.8 Å². The highest BCUT2D eigenvalue weighted by atomic mass is 19.1. The van der Waals surface area contributed by atoms with Gasteiger partial charge in [-0.05, 0) is 30.9 Å². The standard InChI is InChI=1S/C17H22FNO3/c18-14-3-4-15(16(5-14)21-8-11-1-2-11)22-17-12-6-19-7-13(17)10-20-9-12/h3-5,11-13,17,19H,1-2,6-10H2/t12-,13+,17?. The lowest BCUT2D eigenvalue weighted by Gasteiger charge is -2.42. The van der Waals surface area contributed by atoms with Crippen molar-refractivity contribution in [1.29, 1.82) is 0 Å². The fraction of sp³-hybridized carbons (Fsp3) is 0.647. The lowest BCUT2D eigenvalue weighted by atomic mass is 9.86. The highest BCUT2D eigenvalue weighted by Gasteiger charge is 2.39. The number of piperidine rings is 1. The van der Waals surface area contributed by atoms with Crippen molar-refractivity contribution in [2.75, 3.05) is 32.9 Å². The lowest BCUT2D eigenvalue weighted by Crippen LogP contribution is -2.56. The number of benzene rings is 1. The summed E-state index contributed by atoms with van der Waals surface area (Å²) in [5.41, 5.74) is 0. The summed E-state index contributed by atoms with van der Waals surface area (Å²) in [5, 5.41) is 3.42. The minimum absolute atomic E-state index is 0.115. The molecule has 4 nitrogen and oxygen atoms in total. The van der Waals surface area contributed by atoms with Gasteiger partial charge in [0.2, 0.25) is 0 Å². The van der Waals surface area contributed by atoms with Crippen LogP contribution in [-0.4, -0.2) is 39.0 Å². The van der Waals surface area contributed by atoms with Crippen LogP contribution in [0, 0.1) is 23.6 Å². The zero-order valence-electron chi connectivity index (χ0n) is 12.6. The Morgan fingerprint density at radius 1 is 1.14 bits per heavy atom. The highest BCUT2D eigenvalue weighted by Crippen LogP contribution is 2.36. The molecular formula is C17H22FNO3. The second-order valence-corrected chi connectivity index (χ2v) is 6.64. The topological polar surface area (TPSA) is 39.7 Å². The molecule has 4 rings (SSSR count). The van der Waals surface area contributed by atoms with E-state index in [-0.39, 0.29) is 11.9 Å². The average Bonchev–Trinajstić information content (AvgIpc) is 3.31. The lowest BCUT2D eigenvalue weighted by molar-refractivity contribution is -0.0827. The van der Waals surface area contributed by atoms with Gasteiger partial charge in [0.1, 0.15) is 11.9 Å². The molecule has 2 saturated heterocycles. The number of hydrogen-bond donors (Lipinski definition) is 1. The van der Waals surface area contributed by atoms with Crippen LogP contribution in [0.25, 0.3) is 0 Å². The number of ether oxygens (including phenoxy) is 3. The Bertz CT molecular complexity index is 513. The number of nitrogens with one attached hydrogen (secondary N) is 1. The molecule has 0 aromatic heterocycles. The quantitative estimate of drug-likeness (QED) is 0.905. The molecule has 2 aliphatic heterocycles. The molecule has 0 spiro atoms. The number of halogens is 1. The summed E-state index contributed by atoms with van der Waals surface area (Å²) < 4.78 is 31.2. The summed E-state index contributed by atoms with van der Waals surface area (Å²) in [5.74, 6) is 2.22. The molecule has 0 amide bonds. The van der Waals surface area contributed by atoms with Gasteiger partial charge in [0.25, 0.3) is 0 Å². The summed E-state index contributed by atoms with van der Waals surface area (Å²) in [7, 11) is 0. The Morgan fingerprint density at radius 2 is 1.91 bits per heavy atom. The van der Waals surface area contributed by atoms with E-state index in [9.17, 15) is 4.39 Å². The van der Waals surface area contributed by atoms with E-state index in [2.05, 4.69) is 5.32 Å². The first-order valence-corrected chi connectivity index (χ1v) is 8.17. The maximum atomic E-state index is 13.5. The minimum Gasteiger partial charge on any atom is -0.489 e. The number of rotatable bonds is 5. The summed E-state index contributed by atoms with van der Waals surface area (Å²) in [6.07, 6.45) is 2.53. The van der Waals surface area contributed by atoms with Crippen LogP contribution >= 0.6 is 0 Å². The second kappa shape index (κ2) is 6.05. The highest BCUT2D eigenvalue weighted by molar-refractivity contribution is 5.40. The van der Waals surface area contributed by atoms with Crippen molar-refractivity contribution in [2.45, 2.75) is 18.9 Å². The van der Waals surface area contributed by atoms with Gasteiger partial charge in [-0.15, -0.1) is 0 Å². The smallest absolute Gasteiger partial charge is 0.164 e. The molecule has 5 heteroatoms. The third-order valence-corrected chi connectivity index (χ3v) is 4.75. The summed E-state index contributed by atoms with van der Waals surface area (Å²) in [4.78, 5) is 0. The first kappa shape index (κ1) is 14.3. The maximum absolute atomic E-state index is 13.5. The van der Waals surface area contributed by atoms with Crippen molar-refractivity contribution in [3.05, 3.63) is 24.0 Å². The Hall–Kier alpha value is -1.33.